The fourth-order valence-corrected chi connectivity index (χ4v) is 1.86. The molecule has 0 aromatic carbocycles. The Balaban J connectivity index is 2.48. The lowest BCUT2D eigenvalue weighted by molar-refractivity contribution is 0.0104. The summed E-state index contributed by atoms with van der Waals surface area (Å²) in [6, 6.07) is 1.44. The number of hydrogen-bond donors (Lipinski definition) is 4. The van der Waals surface area contributed by atoms with Gasteiger partial charge in [0.15, 0.2) is 0 Å². The largest absolute Gasteiger partial charge is 0.444 e. The third kappa shape index (κ3) is 6.05. The van der Waals surface area contributed by atoms with E-state index in [1.165, 1.54) is 12.3 Å². The van der Waals surface area contributed by atoms with Crippen LogP contribution < -0.4 is 11.1 Å². The van der Waals surface area contributed by atoms with Gasteiger partial charge < -0.3 is 26.0 Å². The molecule has 0 bridgehead atoms. The fraction of sp³-hybridized carbons (Fsp3) is 0.571. The van der Waals surface area contributed by atoms with Crippen molar-refractivity contribution >= 4 is 23.4 Å². The highest BCUT2D eigenvalue weighted by Crippen LogP contribution is 2.24. The second-order valence-electron chi connectivity index (χ2n) is 5.86. The highest BCUT2D eigenvalue weighted by atomic mass is 35.5. The van der Waals surface area contributed by atoms with Crippen LogP contribution in [0.1, 0.15) is 39.0 Å². The first-order valence-electron chi connectivity index (χ1n) is 6.84. The number of rotatable bonds is 5. The van der Waals surface area contributed by atoms with Gasteiger partial charge in [0.1, 0.15) is 11.7 Å². The maximum atomic E-state index is 11.4. The van der Waals surface area contributed by atoms with Crippen LogP contribution in [0.25, 0.3) is 0 Å². The fourth-order valence-electron chi connectivity index (χ4n) is 1.69. The summed E-state index contributed by atoms with van der Waals surface area (Å²) in [7, 11) is 0. The van der Waals surface area contributed by atoms with Crippen LogP contribution in [0.4, 0.5) is 10.5 Å². The first-order valence-corrected chi connectivity index (χ1v) is 7.22. The summed E-state index contributed by atoms with van der Waals surface area (Å²) in [6.07, 6.45) is -1.53. The number of nitrogens with two attached hydrogens (primary N) is 1. The molecule has 2 atom stereocenters. The van der Waals surface area contributed by atoms with E-state index in [4.69, 9.17) is 22.1 Å². The van der Waals surface area contributed by atoms with E-state index in [2.05, 4.69) is 10.3 Å². The molecule has 0 saturated heterocycles. The topological polar surface area (TPSA) is 118 Å². The summed E-state index contributed by atoms with van der Waals surface area (Å²) in [5.74, 6) is 0. The number of carbonyl (C=O) groups excluding carboxylic acids is 1. The summed E-state index contributed by atoms with van der Waals surface area (Å²) >= 11 is 5.72. The number of nitrogen functional groups attached to an aromatic ring is 1. The molecule has 124 valence electrons. The van der Waals surface area contributed by atoms with Gasteiger partial charge in [-0.25, -0.2) is 4.79 Å². The average Bonchev–Trinajstić information content (AvgIpc) is 2.35. The summed E-state index contributed by atoms with van der Waals surface area (Å²) in [5, 5.41) is 22.8. The van der Waals surface area contributed by atoms with Crippen LogP contribution in [0.2, 0.25) is 5.02 Å². The third-order valence-corrected chi connectivity index (χ3v) is 2.88. The van der Waals surface area contributed by atoms with Gasteiger partial charge in [-0.05, 0) is 33.3 Å². The molecule has 1 aromatic rings. The monoisotopic (exact) mass is 331 g/mol. The molecular weight excluding hydrogens is 310 g/mol. The number of alkyl carbamates (subject to hydrolysis) is 1. The van der Waals surface area contributed by atoms with Gasteiger partial charge in [-0.15, -0.1) is 0 Å². The number of pyridine rings is 1. The van der Waals surface area contributed by atoms with Crippen molar-refractivity contribution < 1.29 is 19.7 Å². The van der Waals surface area contributed by atoms with Crippen molar-refractivity contribution in [1.29, 1.82) is 0 Å². The number of aliphatic hydroxyl groups excluding tert-OH is 2. The first kappa shape index (κ1) is 18.5. The molecule has 5 N–H and O–H groups in total. The Hall–Kier alpha value is -1.57. The van der Waals surface area contributed by atoms with Gasteiger partial charge in [0.25, 0.3) is 0 Å². The van der Waals surface area contributed by atoms with Crippen LogP contribution in [0, 0.1) is 0 Å². The standard InChI is InChI=1S/C14H22ClN3O4/c1-14(2,3)22-13(21)17-5-4-10(19)12(20)11-9(16)6-8(15)7-18-11/h6-7,10,12,19-20H,4-5,16H2,1-3H3,(H,17,21). The number of hydrogen-bond acceptors (Lipinski definition) is 6. The van der Waals surface area contributed by atoms with Gasteiger partial charge in [0.05, 0.1) is 22.5 Å². The van der Waals surface area contributed by atoms with E-state index in [-0.39, 0.29) is 24.3 Å². The van der Waals surface area contributed by atoms with Crippen LogP contribution in [-0.2, 0) is 4.74 Å². The van der Waals surface area contributed by atoms with Gasteiger partial charge >= 0.3 is 6.09 Å². The number of amides is 1. The van der Waals surface area contributed by atoms with Gasteiger partial charge in [0.2, 0.25) is 0 Å². The number of aromatic nitrogens is 1. The minimum absolute atomic E-state index is 0.115. The second-order valence-corrected chi connectivity index (χ2v) is 6.29. The Kier molecular flexibility index (Phi) is 6.40. The number of carbonyl (C=O) groups is 1. The molecule has 8 heteroatoms. The lowest BCUT2D eigenvalue weighted by Gasteiger charge is -2.21. The Bertz CT molecular complexity index is 519. The van der Waals surface area contributed by atoms with Gasteiger partial charge in [-0.1, -0.05) is 11.6 Å². The van der Waals surface area contributed by atoms with Crippen LogP contribution in [0.5, 0.6) is 0 Å². The van der Waals surface area contributed by atoms with E-state index in [0.717, 1.165) is 0 Å². The van der Waals surface area contributed by atoms with E-state index in [1.807, 2.05) is 0 Å². The lowest BCUT2D eigenvalue weighted by atomic mass is 10.1. The van der Waals surface area contributed by atoms with Crippen molar-refractivity contribution in [2.75, 3.05) is 12.3 Å². The van der Waals surface area contributed by atoms with Crippen LogP contribution >= 0.6 is 11.6 Å². The molecule has 1 rings (SSSR count). The number of ether oxygens (including phenoxy) is 1. The molecule has 0 radical (unpaired) electrons. The van der Waals surface area contributed by atoms with Gasteiger partial charge in [-0.3, -0.25) is 4.98 Å². The summed E-state index contributed by atoms with van der Waals surface area (Å²) < 4.78 is 5.06. The summed E-state index contributed by atoms with van der Waals surface area (Å²) in [5.41, 5.74) is 5.45. The predicted molar refractivity (Wildman–Crippen MR) is 83.5 cm³/mol. The van der Waals surface area contributed by atoms with E-state index < -0.39 is 23.9 Å². The summed E-state index contributed by atoms with van der Waals surface area (Å²) in [6.45, 7) is 5.39. The van der Waals surface area contributed by atoms with Crippen molar-refractivity contribution in [1.82, 2.24) is 10.3 Å². The quantitative estimate of drug-likeness (QED) is 0.651. The first-order chi connectivity index (χ1) is 10.1. The van der Waals surface area contributed by atoms with Gasteiger partial charge in [-0.2, -0.15) is 0 Å². The van der Waals surface area contributed by atoms with Crippen molar-refractivity contribution in [3.05, 3.63) is 23.0 Å². The Morgan fingerprint density at radius 2 is 2.14 bits per heavy atom. The zero-order chi connectivity index (χ0) is 16.9. The van der Waals surface area contributed by atoms with Crippen molar-refractivity contribution in [3.63, 3.8) is 0 Å². The molecule has 1 aromatic heterocycles. The van der Waals surface area contributed by atoms with E-state index in [1.54, 1.807) is 20.8 Å². The number of nitrogens with one attached hydrogen (secondary N) is 1. The minimum atomic E-state index is -1.27. The van der Waals surface area contributed by atoms with Crippen LogP contribution in [0.15, 0.2) is 12.3 Å². The normalized spacial score (nSPS) is 14.3. The van der Waals surface area contributed by atoms with Crippen molar-refractivity contribution in [2.24, 2.45) is 0 Å². The van der Waals surface area contributed by atoms with E-state index in [9.17, 15) is 15.0 Å². The third-order valence-electron chi connectivity index (χ3n) is 2.67. The maximum absolute atomic E-state index is 11.4. The van der Waals surface area contributed by atoms with Crippen molar-refractivity contribution in [3.8, 4) is 0 Å². The predicted octanol–water partition coefficient (Wildman–Crippen LogP) is 1.63. The Labute approximate surface area is 134 Å². The lowest BCUT2D eigenvalue weighted by Crippen LogP contribution is -2.34. The number of anilines is 1. The van der Waals surface area contributed by atoms with Gasteiger partial charge in [0, 0.05) is 12.7 Å². The molecule has 0 saturated carbocycles. The van der Waals surface area contributed by atoms with E-state index >= 15 is 0 Å². The maximum Gasteiger partial charge on any atom is 0.407 e. The highest BCUT2D eigenvalue weighted by molar-refractivity contribution is 6.30. The average molecular weight is 332 g/mol. The number of halogens is 1. The molecule has 2 unspecified atom stereocenters. The highest BCUT2D eigenvalue weighted by Gasteiger charge is 2.22. The molecule has 0 aliphatic heterocycles. The van der Waals surface area contributed by atoms with Crippen LogP contribution in [0.3, 0.4) is 0 Å². The molecule has 0 aliphatic carbocycles. The number of aliphatic hydroxyl groups is 2. The zero-order valence-corrected chi connectivity index (χ0v) is 13.6. The molecule has 0 aliphatic rings. The molecule has 1 amide bonds. The van der Waals surface area contributed by atoms with E-state index in [0.29, 0.717) is 5.02 Å². The molecule has 22 heavy (non-hydrogen) atoms. The SMILES string of the molecule is CC(C)(C)OC(=O)NCCC(O)C(O)c1ncc(Cl)cc1N. The smallest absolute Gasteiger partial charge is 0.407 e. The summed E-state index contributed by atoms with van der Waals surface area (Å²) in [4.78, 5) is 15.4. The van der Waals surface area contributed by atoms with Crippen LogP contribution in [-0.4, -0.2) is 39.5 Å². The Morgan fingerprint density at radius 3 is 2.68 bits per heavy atom. The molecule has 1 heterocycles. The molecule has 0 fully saturated rings. The zero-order valence-electron chi connectivity index (χ0n) is 12.8. The second kappa shape index (κ2) is 7.62. The molecule has 7 nitrogen and oxygen atoms in total. The molecular formula is C14H22ClN3O4. The number of nitrogens with zero attached hydrogens (tertiary/aromatic N) is 1. The molecule has 0 spiro atoms. The minimum Gasteiger partial charge on any atom is -0.444 e. The Morgan fingerprint density at radius 1 is 1.50 bits per heavy atom. The van der Waals surface area contributed by atoms with Crippen molar-refractivity contribution in [2.45, 2.75) is 45.0 Å².